The lowest BCUT2D eigenvalue weighted by Gasteiger charge is -2.31. The van der Waals surface area contributed by atoms with Crippen LogP contribution in [-0.4, -0.2) is 74.6 Å². The van der Waals surface area contributed by atoms with Gasteiger partial charge >= 0.3 is 12.1 Å². The van der Waals surface area contributed by atoms with Crippen molar-refractivity contribution < 1.29 is 37.3 Å². The molecule has 30 heavy (non-hydrogen) atoms. The summed E-state index contributed by atoms with van der Waals surface area (Å²) in [6.45, 7) is 5.61. The molecule has 7 nitrogen and oxygen atoms in total. The Kier molecular flexibility index (Phi) is 9.07. The zero-order valence-electron chi connectivity index (χ0n) is 16.7. The van der Waals surface area contributed by atoms with Crippen molar-refractivity contribution in [2.75, 3.05) is 46.5 Å². The fourth-order valence-electron chi connectivity index (χ4n) is 3.69. The summed E-state index contributed by atoms with van der Waals surface area (Å²) in [5, 5.41) is 9.90. The van der Waals surface area contributed by atoms with Crippen LogP contribution in [0.2, 0.25) is 0 Å². The van der Waals surface area contributed by atoms with Crippen molar-refractivity contribution in [3.8, 4) is 0 Å². The largest absolute Gasteiger partial charge is 0.490 e. The zero-order chi connectivity index (χ0) is 22.1. The number of hydrogen-bond acceptors (Lipinski definition) is 5. The van der Waals surface area contributed by atoms with E-state index in [1.807, 2.05) is 18.2 Å². The van der Waals surface area contributed by atoms with Crippen LogP contribution in [0.25, 0.3) is 0 Å². The van der Waals surface area contributed by atoms with Crippen LogP contribution in [0, 0.1) is 17.8 Å². The molecule has 2 saturated heterocycles. The number of likely N-dealkylation sites (tertiary alicyclic amines) is 1. The molecule has 0 aromatic heterocycles. The van der Waals surface area contributed by atoms with E-state index in [2.05, 4.69) is 22.3 Å². The predicted molar refractivity (Wildman–Crippen MR) is 102 cm³/mol. The van der Waals surface area contributed by atoms with E-state index in [-0.39, 0.29) is 11.8 Å². The van der Waals surface area contributed by atoms with Crippen molar-refractivity contribution in [3.05, 3.63) is 35.9 Å². The van der Waals surface area contributed by atoms with Crippen molar-refractivity contribution in [1.29, 1.82) is 0 Å². The van der Waals surface area contributed by atoms with Gasteiger partial charge in [-0.1, -0.05) is 30.3 Å². The third-order valence-corrected chi connectivity index (χ3v) is 5.20. The number of benzene rings is 1. The number of carbonyl (C=O) groups is 2. The number of carboxylic acid groups (broad SMARTS) is 1. The van der Waals surface area contributed by atoms with Crippen LogP contribution in [0.15, 0.2) is 30.3 Å². The molecule has 2 aliphatic heterocycles. The fourth-order valence-corrected chi connectivity index (χ4v) is 3.69. The van der Waals surface area contributed by atoms with Crippen LogP contribution in [-0.2, 0) is 25.7 Å². The monoisotopic (exact) mass is 432 g/mol. The molecule has 1 amide bonds. The number of halogens is 3. The molecule has 168 valence electrons. The number of aliphatic carboxylic acids is 1. The van der Waals surface area contributed by atoms with Gasteiger partial charge in [0.2, 0.25) is 5.91 Å². The van der Waals surface area contributed by atoms with Gasteiger partial charge in [0.1, 0.15) is 0 Å². The highest BCUT2D eigenvalue weighted by Crippen LogP contribution is 2.34. The lowest BCUT2D eigenvalue weighted by Crippen LogP contribution is -2.43. The number of ether oxygens (including phenoxy) is 2. The highest BCUT2D eigenvalue weighted by atomic mass is 19.4. The molecule has 2 fully saturated rings. The summed E-state index contributed by atoms with van der Waals surface area (Å²) in [6, 6.07) is 10.2. The number of fused-ring (bicyclic) bond motifs is 1. The van der Waals surface area contributed by atoms with Crippen molar-refractivity contribution in [2.45, 2.75) is 12.8 Å². The molecule has 1 aromatic rings. The third-order valence-electron chi connectivity index (χ3n) is 5.20. The number of rotatable bonds is 6. The standard InChI is InChI=1S/C18H26N2O3.C2HF3O2/c1-19-18(21)17-13-23-12-15-9-20(10-16(15)17)7-8-22-11-14-5-3-2-4-6-14;3-2(4,5)1(6)7/h2-6,15-17H,7-13H2,1H3,(H,19,21);(H,6,7)/t15-,16-,17-;/m1./s1. The minimum absolute atomic E-state index is 0.00557. The van der Waals surface area contributed by atoms with Crippen LogP contribution in [0.5, 0.6) is 0 Å². The summed E-state index contributed by atoms with van der Waals surface area (Å²) >= 11 is 0. The highest BCUT2D eigenvalue weighted by molar-refractivity contribution is 5.79. The molecule has 0 unspecified atom stereocenters. The number of hydrogen-bond donors (Lipinski definition) is 2. The second-order valence-corrected chi connectivity index (χ2v) is 7.28. The van der Waals surface area contributed by atoms with Gasteiger partial charge in [-0.2, -0.15) is 13.2 Å². The zero-order valence-corrected chi connectivity index (χ0v) is 16.7. The fraction of sp³-hybridized carbons (Fsp3) is 0.600. The normalized spacial score (nSPS) is 23.8. The first-order valence-electron chi connectivity index (χ1n) is 9.65. The van der Waals surface area contributed by atoms with Gasteiger partial charge < -0.3 is 24.8 Å². The Bertz CT molecular complexity index is 687. The molecular weight excluding hydrogens is 405 g/mol. The van der Waals surface area contributed by atoms with Gasteiger partial charge in [-0.15, -0.1) is 0 Å². The van der Waals surface area contributed by atoms with Crippen molar-refractivity contribution in [1.82, 2.24) is 10.2 Å². The Morgan fingerprint density at radius 3 is 2.50 bits per heavy atom. The lowest BCUT2D eigenvalue weighted by molar-refractivity contribution is -0.192. The van der Waals surface area contributed by atoms with E-state index in [0.29, 0.717) is 25.0 Å². The first-order valence-corrected chi connectivity index (χ1v) is 9.65. The van der Waals surface area contributed by atoms with Gasteiger partial charge in [0, 0.05) is 26.7 Å². The molecular formula is C20H27F3N2O5. The molecule has 0 bridgehead atoms. The molecule has 1 aromatic carbocycles. The average Bonchev–Trinajstić information content (AvgIpc) is 3.14. The van der Waals surface area contributed by atoms with E-state index in [4.69, 9.17) is 19.4 Å². The van der Waals surface area contributed by atoms with Crippen LogP contribution in [0.1, 0.15) is 5.56 Å². The molecule has 10 heteroatoms. The van der Waals surface area contributed by atoms with Gasteiger partial charge in [-0.25, -0.2) is 4.79 Å². The number of nitrogens with zero attached hydrogens (tertiary/aromatic N) is 1. The molecule has 0 aliphatic carbocycles. The summed E-state index contributed by atoms with van der Waals surface area (Å²) in [5.41, 5.74) is 1.20. The number of alkyl halides is 3. The minimum Gasteiger partial charge on any atom is -0.475 e. The Morgan fingerprint density at radius 2 is 1.90 bits per heavy atom. The Morgan fingerprint density at radius 1 is 1.23 bits per heavy atom. The third kappa shape index (κ3) is 7.26. The average molecular weight is 432 g/mol. The molecule has 3 atom stereocenters. The maximum Gasteiger partial charge on any atom is 0.490 e. The number of carbonyl (C=O) groups excluding carboxylic acids is 1. The van der Waals surface area contributed by atoms with Crippen LogP contribution >= 0.6 is 0 Å². The summed E-state index contributed by atoms with van der Waals surface area (Å²) in [5.74, 6) is -1.76. The summed E-state index contributed by atoms with van der Waals surface area (Å²) < 4.78 is 43.1. The molecule has 2 aliphatic rings. The smallest absolute Gasteiger partial charge is 0.475 e. The predicted octanol–water partition coefficient (Wildman–Crippen LogP) is 1.78. The maximum absolute atomic E-state index is 12.0. The van der Waals surface area contributed by atoms with Gasteiger partial charge in [0.15, 0.2) is 0 Å². The van der Waals surface area contributed by atoms with Crippen LogP contribution < -0.4 is 5.32 Å². The van der Waals surface area contributed by atoms with Crippen LogP contribution in [0.3, 0.4) is 0 Å². The number of amides is 1. The quantitative estimate of drug-likeness (QED) is 0.667. The van der Waals surface area contributed by atoms with E-state index < -0.39 is 12.1 Å². The number of nitrogens with one attached hydrogen (secondary N) is 1. The molecule has 0 spiro atoms. The molecule has 0 radical (unpaired) electrons. The molecule has 0 saturated carbocycles. The minimum atomic E-state index is -5.08. The SMILES string of the molecule is CNC(=O)[C@@H]1COC[C@H]2CN(CCOCc3ccccc3)C[C@H]21.O=C(O)C(F)(F)F. The molecule has 3 rings (SSSR count). The van der Waals surface area contributed by atoms with Crippen molar-refractivity contribution in [2.24, 2.45) is 17.8 Å². The van der Waals surface area contributed by atoms with Crippen molar-refractivity contribution >= 4 is 11.9 Å². The summed E-state index contributed by atoms with van der Waals surface area (Å²) in [7, 11) is 1.70. The van der Waals surface area contributed by atoms with Gasteiger partial charge in [-0.3, -0.25) is 4.79 Å². The van der Waals surface area contributed by atoms with Crippen LogP contribution in [0.4, 0.5) is 13.2 Å². The van der Waals surface area contributed by atoms with E-state index >= 15 is 0 Å². The highest BCUT2D eigenvalue weighted by Gasteiger charge is 2.43. The lowest BCUT2D eigenvalue weighted by atomic mass is 9.82. The van der Waals surface area contributed by atoms with E-state index in [0.717, 1.165) is 32.8 Å². The first-order chi connectivity index (χ1) is 14.2. The van der Waals surface area contributed by atoms with Gasteiger partial charge in [-0.05, 0) is 17.4 Å². The second-order valence-electron chi connectivity index (χ2n) is 7.28. The van der Waals surface area contributed by atoms with E-state index in [1.165, 1.54) is 5.56 Å². The number of carboxylic acids is 1. The second kappa shape index (κ2) is 11.3. The topological polar surface area (TPSA) is 88.1 Å². The first kappa shape index (κ1) is 24.1. The summed E-state index contributed by atoms with van der Waals surface area (Å²) in [6.07, 6.45) is -5.08. The summed E-state index contributed by atoms with van der Waals surface area (Å²) in [4.78, 5) is 23.3. The van der Waals surface area contributed by atoms with Gasteiger partial charge in [0.25, 0.3) is 0 Å². The van der Waals surface area contributed by atoms with Gasteiger partial charge in [0.05, 0.1) is 32.3 Å². The molecule has 2 N–H and O–H groups in total. The Labute approximate surface area is 173 Å². The Hall–Kier alpha value is -2.17. The Balaban J connectivity index is 0.000000396. The van der Waals surface area contributed by atoms with Crippen molar-refractivity contribution in [3.63, 3.8) is 0 Å². The maximum atomic E-state index is 12.0. The molecule has 2 heterocycles. The van der Waals surface area contributed by atoms with E-state index in [9.17, 15) is 18.0 Å². The van der Waals surface area contributed by atoms with E-state index in [1.54, 1.807) is 7.05 Å².